The lowest BCUT2D eigenvalue weighted by Gasteiger charge is -2.09. The summed E-state index contributed by atoms with van der Waals surface area (Å²) in [6.45, 7) is 1.47. The van der Waals surface area contributed by atoms with E-state index in [9.17, 15) is 28.1 Å². The Bertz CT molecular complexity index is 848. The van der Waals surface area contributed by atoms with Crippen LogP contribution in [0.5, 0.6) is 0 Å². The van der Waals surface area contributed by atoms with Gasteiger partial charge in [-0.3, -0.25) is 14.9 Å². The zero-order valence-corrected chi connectivity index (χ0v) is 12.9. The number of carbonyl (C=O) groups excluding carboxylic acids is 1. The van der Waals surface area contributed by atoms with Crippen LogP contribution in [0.25, 0.3) is 0 Å². The number of hydrogen-bond acceptors (Lipinski definition) is 4. The minimum atomic E-state index is -4.54. The van der Waals surface area contributed by atoms with Crippen LogP contribution in [0.1, 0.15) is 27.0 Å². The highest BCUT2D eigenvalue weighted by Crippen LogP contribution is 2.31. The first-order chi connectivity index (χ1) is 11.7. The number of nitrogens with zero attached hydrogens (tertiary/aromatic N) is 2. The topological polar surface area (TPSA) is 84.6 Å². The number of amides is 1. The van der Waals surface area contributed by atoms with Gasteiger partial charge in [-0.1, -0.05) is 18.2 Å². The summed E-state index contributed by atoms with van der Waals surface area (Å²) in [5.74, 6) is -0.696. The predicted octanol–water partition coefficient (Wildman–Crippen LogP) is 3.69. The smallest absolute Gasteiger partial charge is 0.267 e. The molecule has 6 nitrogen and oxygen atoms in total. The molecule has 0 fully saturated rings. The molecule has 0 saturated heterocycles. The second kappa shape index (κ2) is 7.12. The first kappa shape index (κ1) is 18.1. The Hall–Kier alpha value is -3.23. The molecule has 0 aliphatic rings. The number of alkyl halides is 3. The molecule has 130 valence electrons. The van der Waals surface area contributed by atoms with Crippen LogP contribution in [0.4, 0.5) is 18.9 Å². The maximum atomic E-state index is 12.8. The number of nitro groups is 1. The van der Waals surface area contributed by atoms with E-state index in [0.717, 1.165) is 12.3 Å². The first-order valence-corrected chi connectivity index (χ1v) is 6.95. The molecule has 0 atom stereocenters. The van der Waals surface area contributed by atoms with Crippen molar-refractivity contribution < 1.29 is 22.9 Å². The summed E-state index contributed by atoms with van der Waals surface area (Å²) in [6.07, 6.45) is -3.65. The maximum Gasteiger partial charge on any atom is 0.417 e. The lowest BCUT2D eigenvalue weighted by Crippen LogP contribution is -2.18. The first-order valence-electron chi connectivity index (χ1n) is 6.95. The molecule has 9 heteroatoms. The molecule has 1 amide bonds. The summed E-state index contributed by atoms with van der Waals surface area (Å²) in [5, 5.41) is 14.3. The highest BCUT2D eigenvalue weighted by atomic mass is 19.4. The minimum Gasteiger partial charge on any atom is -0.267 e. The van der Waals surface area contributed by atoms with Gasteiger partial charge in [-0.15, -0.1) is 0 Å². The van der Waals surface area contributed by atoms with E-state index in [4.69, 9.17) is 0 Å². The van der Waals surface area contributed by atoms with Crippen molar-refractivity contribution in [1.29, 1.82) is 0 Å². The van der Waals surface area contributed by atoms with Gasteiger partial charge >= 0.3 is 6.18 Å². The van der Waals surface area contributed by atoms with Crippen LogP contribution in [0.3, 0.4) is 0 Å². The molecule has 0 bridgehead atoms. The Morgan fingerprint density at radius 1 is 1.24 bits per heavy atom. The van der Waals surface area contributed by atoms with Gasteiger partial charge in [-0.2, -0.15) is 18.3 Å². The second-order valence-electron chi connectivity index (χ2n) is 5.04. The Balaban J connectivity index is 2.14. The van der Waals surface area contributed by atoms with Crippen LogP contribution in [0.15, 0.2) is 47.6 Å². The van der Waals surface area contributed by atoms with Gasteiger partial charge in [0.2, 0.25) is 0 Å². The fourth-order valence-corrected chi connectivity index (χ4v) is 2.09. The fraction of sp³-hybridized carbons (Fsp3) is 0.125. The molecule has 0 aliphatic heterocycles. The normalized spacial score (nSPS) is 11.5. The zero-order chi connectivity index (χ0) is 18.6. The van der Waals surface area contributed by atoms with E-state index in [0.29, 0.717) is 0 Å². The molecule has 0 heterocycles. The summed E-state index contributed by atoms with van der Waals surface area (Å²) in [6, 6.07) is 8.49. The molecule has 0 spiro atoms. The molecule has 25 heavy (non-hydrogen) atoms. The molecular weight excluding hydrogens is 339 g/mol. The minimum absolute atomic E-state index is 0.101. The van der Waals surface area contributed by atoms with E-state index in [2.05, 4.69) is 10.5 Å². The third kappa shape index (κ3) is 4.40. The molecule has 0 aliphatic carbocycles. The number of halogens is 3. The van der Waals surface area contributed by atoms with Crippen molar-refractivity contribution in [3.8, 4) is 0 Å². The van der Waals surface area contributed by atoms with Crippen LogP contribution in [-0.4, -0.2) is 17.0 Å². The lowest BCUT2D eigenvalue weighted by molar-refractivity contribution is -0.385. The van der Waals surface area contributed by atoms with Crippen molar-refractivity contribution in [3.05, 3.63) is 74.8 Å². The standard InChI is InChI=1S/C16H12F3N3O3/c1-10-8-11(6-7-14(10)22(24)25)15(23)21-20-9-12-4-2-3-5-13(12)16(17,18)19/h2-9H,1H3,(H,21,23)/b20-9+. The Kier molecular flexibility index (Phi) is 5.16. The summed E-state index contributed by atoms with van der Waals surface area (Å²) >= 11 is 0. The monoisotopic (exact) mass is 351 g/mol. The molecule has 1 N–H and O–H groups in total. The summed E-state index contributed by atoms with van der Waals surface area (Å²) in [7, 11) is 0. The highest BCUT2D eigenvalue weighted by molar-refractivity contribution is 5.95. The molecule has 0 saturated carbocycles. The van der Waals surface area contributed by atoms with Crippen molar-refractivity contribution in [2.24, 2.45) is 5.10 Å². The highest BCUT2D eigenvalue weighted by Gasteiger charge is 2.32. The Labute approximate surface area is 140 Å². The number of rotatable bonds is 4. The summed E-state index contributed by atoms with van der Waals surface area (Å²) < 4.78 is 38.5. The van der Waals surface area contributed by atoms with Crippen molar-refractivity contribution in [2.75, 3.05) is 0 Å². The zero-order valence-electron chi connectivity index (χ0n) is 12.9. The van der Waals surface area contributed by atoms with Gasteiger partial charge < -0.3 is 0 Å². The van der Waals surface area contributed by atoms with Gasteiger partial charge in [0.05, 0.1) is 16.7 Å². The van der Waals surface area contributed by atoms with Gasteiger partial charge in [-0.25, -0.2) is 5.43 Å². The number of benzene rings is 2. The van der Waals surface area contributed by atoms with Crippen LogP contribution in [0.2, 0.25) is 0 Å². The van der Waals surface area contributed by atoms with Crippen LogP contribution in [-0.2, 0) is 6.18 Å². The number of hydrazone groups is 1. The molecule has 0 unspecified atom stereocenters. The summed E-state index contributed by atoms with van der Waals surface area (Å²) in [4.78, 5) is 22.1. The lowest BCUT2D eigenvalue weighted by atomic mass is 10.1. The predicted molar refractivity (Wildman–Crippen MR) is 84.3 cm³/mol. The van der Waals surface area contributed by atoms with Gasteiger partial charge in [0.25, 0.3) is 11.6 Å². The molecular formula is C16H12F3N3O3. The van der Waals surface area contributed by atoms with E-state index >= 15 is 0 Å². The molecule has 0 aromatic heterocycles. The van der Waals surface area contributed by atoms with E-state index in [-0.39, 0.29) is 22.4 Å². The number of hydrogen-bond donors (Lipinski definition) is 1. The summed E-state index contributed by atoms with van der Waals surface area (Å²) in [5.41, 5.74) is 1.26. The van der Waals surface area contributed by atoms with Crippen LogP contribution >= 0.6 is 0 Å². The van der Waals surface area contributed by atoms with Crippen molar-refractivity contribution in [1.82, 2.24) is 5.43 Å². The van der Waals surface area contributed by atoms with Crippen LogP contribution < -0.4 is 5.43 Å². The number of nitro benzene ring substituents is 1. The number of nitrogens with one attached hydrogen (secondary N) is 1. The third-order valence-corrected chi connectivity index (χ3v) is 3.29. The Morgan fingerprint density at radius 2 is 1.92 bits per heavy atom. The molecule has 2 aromatic carbocycles. The van der Waals surface area contributed by atoms with E-state index in [1.54, 1.807) is 0 Å². The van der Waals surface area contributed by atoms with Crippen molar-refractivity contribution in [3.63, 3.8) is 0 Å². The quantitative estimate of drug-likeness (QED) is 0.518. The fourth-order valence-electron chi connectivity index (χ4n) is 2.09. The van der Waals surface area contributed by atoms with Crippen molar-refractivity contribution in [2.45, 2.75) is 13.1 Å². The number of aryl methyl sites for hydroxylation is 1. The van der Waals surface area contributed by atoms with Gasteiger partial charge in [0.15, 0.2) is 0 Å². The third-order valence-electron chi connectivity index (χ3n) is 3.29. The van der Waals surface area contributed by atoms with E-state index in [1.165, 1.54) is 43.3 Å². The van der Waals surface area contributed by atoms with Gasteiger partial charge in [0, 0.05) is 22.8 Å². The molecule has 2 aromatic rings. The Morgan fingerprint density at radius 3 is 2.52 bits per heavy atom. The van der Waals surface area contributed by atoms with E-state index < -0.39 is 22.6 Å². The number of carbonyl (C=O) groups is 1. The van der Waals surface area contributed by atoms with E-state index in [1.807, 2.05) is 0 Å². The molecule has 0 radical (unpaired) electrons. The van der Waals surface area contributed by atoms with Crippen molar-refractivity contribution >= 4 is 17.8 Å². The second-order valence-corrected chi connectivity index (χ2v) is 5.04. The SMILES string of the molecule is Cc1cc(C(=O)N/N=C/c2ccccc2C(F)(F)F)ccc1[N+](=O)[O-]. The van der Waals surface area contributed by atoms with Crippen LogP contribution in [0, 0.1) is 17.0 Å². The maximum absolute atomic E-state index is 12.8. The largest absolute Gasteiger partial charge is 0.417 e. The average molecular weight is 351 g/mol. The molecule has 2 rings (SSSR count). The van der Waals surface area contributed by atoms with Gasteiger partial charge in [0.1, 0.15) is 0 Å². The average Bonchev–Trinajstić information content (AvgIpc) is 2.53. The van der Waals surface area contributed by atoms with Gasteiger partial charge in [-0.05, 0) is 25.1 Å².